The molecule has 1 aromatic heterocycles. The summed E-state index contributed by atoms with van der Waals surface area (Å²) in [5, 5.41) is 11.6. The average Bonchev–Trinajstić information content (AvgIpc) is 2.34. The van der Waals surface area contributed by atoms with E-state index < -0.39 is 0 Å². The second kappa shape index (κ2) is 3.98. The third kappa shape index (κ3) is 1.79. The van der Waals surface area contributed by atoms with Gasteiger partial charge in [-0.1, -0.05) is 14.4 Å². The van der Waals surface area contributed by atoms with E-state index in [1.54, 1.807) is 4.80 Å². The molecule has 4 heteroatoms. The molecule has 0 aliphatic carbocycles. The van der Waals surface area contributed by atoms with Crippen molar-refractivity contribution in [3.8, 4) is 0 Å². The molecule has 0 bridgehead atoms. The molecule has 0 radical (unpaired) electrons. The predicted molar refractivity (Wildman–Crippen MR) is 39.6 cm³/mol. The van der Waals surface area contributed by atoms with E-state index in [-0.39, 0.29) is 7.43 Å². The van der Waals surface area contributed by atoms with Crippen LogP contribution in [0.1, 0.15) is 27.1 Å². The van der Waals surface area contributed by atoms with Crippen LogP contribution in [0.4, 0.5) is 0 Å². The van der Waals surface area contributed by atoms with E-state index in [4.69, 9.17) is 0 Å². The highest BCUT2D eigenvalue weighted by Gasteiger charge is 1.94. The number of aryl methyl sites for hydroxylation is 2. The molecule has 0 unspecified atom stereocenters. The molecule has 0 atom stereocenters. The van der Waals surface area contributed by atoms with Crippen LogP contribution in [0.3, 0.4) is 0 Å². The SMILES string of the molecule is C.CCc1nnn(CC)n1. The highest BCUT2D eigenvalue weighted by Crippen LogP contribution is 1.85. The lowest BCUT2D eigenvalue weighted by Gasteiger charge is -1.84. The van der Waals surface area contributed by atoms with E-state index >= 15 is 0 Å². The molecule has 4 nitrogen and oxygen atoms in total. The number of aromatic nitrogens is 4. The molecule has 0 N–H and O–H groups in total. The second-order valence-corrected chi connectivity index (χ2v) is 1.75. The fourth-order valence-corrected chi connectivity index (χ4v) is 0.552. The first kappa shape index (κ1) is 9.07. The van der Waals surface area contributed by atoms with E-state index in [0.717, 1.165) is 18.8 Å². The van der Waals surface area contributed by atoms with Gasteiger partial charge in [-0.15, -0.1) is 10.2 Å². The standard InChI is InChI=1S/C5H10N4.CH4/c1-3-5-6-8-9(4-2)7-5;/h3-4H2,1-2H3;1H4. The monoisotopic (exact) mass is 142 g/mol. The normalized spacial score (nSPS) is 9.00. The number of hydrogen-bond acceptors (Lipinski definition) is 3. The minimum Gasteiger partial charge on any atom is -0.164 e. The van der Waals surface area contributed by atoms with E-state index in [1.807, 2.05) is 13.8 Å². The fourth-order valence-electron chi connectivity index (χ4n) is 0.552. The number of nitrogens with zero attached hydrogens (tertiary/aromatic N) is 4. The van der Waals surface area contributed by atoms with Crippen LogP contribution in [0.25, 0.3) is 0 Å². The van der Waals surface area contributed by atoms with Crippen molar-refractivity contribution in [3.05, 3.63) is 5.82 Å². The van der Waals surface area contributed by atoms with Gasteiger partial charge in [0.05, 0.1) is 6.54 Å². The zero-order valence-corrected chi connectivity index (χ0v) is 5.70. The Kier molecular flexibility index (Phi) is 3.61. The van der Waals surface area contributed by atoms with Crippen molar-refractivity contribution in [2.45, 2.75) is 34.2 Å². The van der Waals surface area contributed by atoms with Gasteiger partial charge >= 0.3 is 0 Å². The molecule has 0 saturated heterocycles. The van der Waals surface area contributed by atoms with Crippen molar-refractivity contribution in [1.82, 2.24) is 20.2 Å². The summed E-state index contributed by atoms with van der Waals surface area (Å²) >= 11 is 0. The van der Waals surface area contributed by atoms with Crippen molar-refractivity contribution >= 4 is 0 Å². The summed E-state index contributed by atoms with van der Waals surface area (Å²) in [6, 6.07) is 0. The molecule has 0 fully saturated rings. The molecular formula is C6H14N4. The quantitative estimate of drug-likeness (QED) is 0.616. The smallest absolute Gasteiger partial charge is 0.164 e. The highest BCUT2D eigenvalue weighted by molar-refractivity contribution is 4.73. The molecule has 1 aromatic rings. The lowest BCUT2D eigenvalue weighted by Crippen LogP contribution is -1.98. The van der Waals surface area contributed by atoms with Gasteiger partial charge in [0.2, 0.25) is 0 Å². The minimum absolute atomic E-state index is 0. The Balaban J connectivity index is 0.000000810. The van der Waals surface area contributed by atoms with Crippen LogP contribution in [-0.4, -0.2) is 20.2 Å². The largest absolute Gasteiger partial charge is 0.174 e. The van der Waals surface area contributed by atoms with Gasteiger partial charge in [0.25, 0.3) is 0 Å². The van der Waals surface area contributed by atoms with Crippen LogP contribution in [0.2, 0.25) is 0 Å². The molecule has 1 heterocycles. The van der Waals surface area contributed by atoms with E-state index in [2.05, 4.69) is 15.4 Å². The maximum Gasteiger partial charge on any atom is 0.174 e. The molecule has 58 valence electrons. The Morgan fingerprint density at radius 3 is 2.40 bits per heavy atom. The lowest BCUT2D eigenvalue weighted by atomic mass is 10.5. The summed E-state index contributed by atoms with van der Waals surface area (Å²) in [5.41, 5.74) is 0. The number of tetrazole rings is 1. The van der Waals surface area contributed by atoms with E-state index in [9.17, 15) is 0 Å². The van der Waals surface area contributed by atoms with Gasteiger partial charge in [-0.05, 0) is 12.1 Å². The lowest BCUT2D eigenvalue weighted by molar-refractivity contribution is 0.550. The van der Waals surface area contributed by atoms with Gasteiger partial charge in [0.15, 0.2) is 5.82 Å². The summed E-state index contributed by atoms with van der Waals surface area (Å²) in [7, 11) is 0. The number of hydrogen-bond donors (Lipinski definition) is 0. The second-order valence-electron chi connectivity index (χ2n) is 1.75. The molecular weight excluding hydrogens is 128 g/mol. The van der Waals surface area contributed by atoms with Gasteiger partial charge in [0.1, 0.15) is 0 Å². The van der Waals surface area contributed by atoms with E-state index in [0.29, 0.717) is 0 Å². The first-order valence-corrected chi connectivity index (χ1v) is 3.13. The average molecular weight is 142 g/mol. The zero-order chi connectivity index (χ0) is 6.69. The third-order valence-electron chi connectivity index (χ3n) is 1.09. The zero-order valence-electron chi connectivity index (χ0n) is 5.70. The van der Waals surface area contributed by atoms with Crippen LogP contribution in [0, 0.1) is 0 Å². The molecule has 0 aromatic carbocycles. The Morgan fingerprint density at radius 1 is 1.40 bits per heavy atom. The molecule has 1 rings (SSSR count). The van der Waals surface area contributed by atoms with Crippen LogP contribution in [0.15, 0.2) is 0 Å². The van der Waals surface area contributed by atoms with Crippen LogP contribution >= 0.6 is 0 Å². The predicted octanol–water partition coefficient (Wildman–Crippen LogP) is 0.891. The third-order valence-corrected chi connectivity index (χ3v) is 1.09. The highest BCUT2D eigenvalue weighted by atomic mass is 15.6. The molecule has 0 aliphatic rings. The Morgan fingerprint density at radius 2 is 2.10 bits per heavy atom. The van der Waals surface area contributed by atoms with Crippen molar-refractivity contribution in [2.75, 3.05) is 0 Å². The van der Waals surface area contributed by atoms with Crippen LogP contribution < -0.4 is 0 Å². The van der Waals surface area contributed by atoms with Gasteiger partial charge in [-0.25, -0.2) is 0 Å². The van der Waals surface area contributed by atoms with Crippen molar-refractivity contribution in [1.29, 1.82) is 0 Å². The number of rotatable bonds is 2. The molecule has 0 aliphatic heterocycles. The van der Waals surface area contributed by atoms with Crippen LogP contribution in [-0.2, 0) is 13.0 Å². The Hall–Kier alpha value is -0.930. The van der Waals surface area contributed by atoms with Gasteiger partial charge < -0.3 is 0 Å². The van der Waals surface area contributed by atoms with Crippen LogP contribution in [0.5, 0.6) is 0 Å². The van der Waals surface area contributed by atoms with Crippen molar-refractivity contribution in [3.63, 3.8) is 0 Å². The first-order valence-electron chi connectivity index (χ1n) is 3.13. The summed E-state index contributed by atoms with van der Waals surface area (Å²) in [6.45, 7) is 4.80. The topological polar surface area (TPSA) is 43.6 Å². The minimum atomic E-state index is 0. The molecule has 0 spiro atoms. The van der Waals surface area contributed by atoms with Gasteiger partial charge in [-0.2, -0.15) is 4.80 Å². The van der Waals surface area contributed by atoms with Gasteiger partial charge in [-0.3, -0.25) is 0 Å². The maximum atomic E-state index is 4.04. The molecule has 0 amide bonds. The summed E-state index contributed by atoms with van der Waals surface area (Å²) in [4.78, 5) is 1.58. The fraction of sp³-hybridized carbons (Fsp3) is 0.833. The summed E-state index contributed by atoms with van der Waals surface area (Å²) in [5.74, 6) is 0.817. The van der Waals surface area contributed by atoms with Gasteiger partial charge in [0, 0.05) is 6.42 Å². The summed E-state index contributed by atoms with van der Waals surface area (Å²) < 4.78 is 0. The molecule has 10 heavy (non-hydrogen) atoms. The summed E-state index contributed by atoms with van der Waals surface area (Å²) in [6.07, 6.45) is 0.861. The first-order chi connectivity index (χ1) is 4.36. The Bertz CT molecular complexity index is 163. The van der Waals surface area contributed by atoms with Crippen molar-refractivity contribution in [2.24, 2.45) is 0 Å². The maximum absolute atomic E-state index is 4.04. The Labute approximate surface area is 61.2 Å². The molecule has 0 saturated carbocycles. The van der Waals surface area contributed by atoms with Crippen molar-refractivity contribution < 1.29 is 0 Å². The van der Waals surface area contributed by atoms with E-state index in [1.165, 1.54) is 0 Å².